The molecule has 0 bridgehead atoms. The van der Waals surface area contributed by atoms with Crippen molar-refractivity contribution in [1.29, 1.82) is 0 Å². The summed E-state index contributed by atoms with van der Waals surface area (Å²) in [7, 11) is 1.71. The minimum Gasteiger partial charge on any atom is -0.294 e. The van der Waals surface area contributed by atoms with Crippen LogP contribution in [0, 0.1) is 5.82 Å². The van der Waals surface area contributed by atoms with Crippen LogP contribution in [0.4, 0.5) is 4.39 Å². The average molecular weight is 315 g/mol. The van der Waals surface area contributed by atoms with Gasteiger partial charge in [0.05, 0.1) is 28.4 Å². The molecule has 1 aromatic heterocycles. The zero-order valence-corrected chi connectivity index (χ0v) is 12.6. The van der Waals surface area contributed by atoms with E-state index in [0.717, 1.165) is 5.69 Å². The second-order valence-electron chi connectivity index (χ2n) is 4.41. The first-order valence-corrected chi connectivity index (χ1v) is 6.88. The number of carbonyl (C=O) groups is 1. The van der Waals surface area contributed by atoms with Crippen molar-refractivity contribution in [2.24, 2.45) is 7.05 Å². The summed E-state index contributed by atoms with van der Waals surface area (Å²) in [4.78, 5) is 12.2. The van der Waals surface area contributed by atoms with Crippen molar-refractivity contribution < 1.29 is 9.18 Å². The van der Waals surface area contributed by atoms with Gasteiger partial charge in [-0.3, -0.25) is 9.48 Å². The molecule has 106 valence electrons. The number of aromatic nitrogens is 2. The third-order valence-electron chi connectivity index (χ3n) is 3.06. The van der Waals surface area contributed by atoms with Crippen LogP contribution in [0.1, 0.15) is 28.7 Å². The molecule has 0 amide bonds. The summed E-state index contributed by atoms with van der Waals surface area (Å²) in [5.41, 5.74) is 1.27. The molecule has 0 aliphatic heterocycles. The molecule has 6 heteroatoms. The standard InChI is InChI=1S/C14H13Cl2FN2O/c1-3-11-14(16)12(19(2)18-11)7-13(20)9-6-8(15)4-5-10(9)17/h4-6H,3,7H2,1-2H3. The number of carbonyl (C=O) groups excluding carboxylic acids is 1. The molecule has 20 heavy (non-hydrogen) atoms. The van der Waals surface area contributed by atoms with Crippen LogP contribution in [0.5, 0.6) is 0 Å². The first kappa shape index (κ1) is 15.0. The van der Waals surface area contributed by atoms with Crippen LogP contribution < -0.4 is 0 Å². The molecule has 2 aromatic rings. The zero-order chi connectivity index (χ0) is 14.9. The highest BCUT2D eigenvalue weighted by Gasteiger charge is 2.19. The van der Waals surface area contributed by atoms with Crippen molar-refractivity contribution in [2.45, 2.75) is 19.8 Å². The Kier molecular flexibility index (Phi) is 4.45. The Morgan fingerprint density at radius 3 is 2.70 bits per heavy atom. The van der Waals surface area contributed by atoms with Crippen LogP contribution in [0.25, 0.3) is 0 Å². The Balaban J connectivity index is 2.33. The number of rotatable bonds is 4. The molecular formula is C14H13Cl2FN2O. The molecule has 3 nitrogen and oxygen atoms in total. The van der Waals surface area contributed by atoms with E-state index in [9.17, 15) is 9.18 Å². The van der Waals surface area contributed by atoms with E-state index < -0.39 is 5.82 Å². The molecular weight excluding hydrogens is 302 g/mol. The summed E-state index contributed by atoms with van der Waals surface area (Å²) in [6.07, 6.45) is 0.659. The molecule has 0 fully saturated rings. The second kappa shape index (κ2) is 5.94. The Labute approximate surface area is 126 Å². The van der Waals surface area contributed by atoms with Crippen molar-refractivity contribution >= 4 is 29.0 Å². The number of nitrogens with zero attached hydrogens (tertiary/aromatic N) is 2. The molecule has 0 saturated carbocycles. The predicted octanol–water partition coefficient (Wildman–Crippen LogP) is 3.85. The molecule has 0 atom stereocenters. The maximum Gasteiger partial charge on any atom is 0.171 e. The minimum absolute atomic E-state index is 0.0143. The lowest BCUT2D eigenvalue weighted by molar-refractivity contribution is 0.0987. The number of benzene rings is 1. The van der Waals surface area contributed by atoms with E-state index in [-0.39, 0.29) is 17.8 Å². The highest BCUT2D eigenvalue weighted by molar-refractivity contribution is 6.32. The summed E-state index contributed by atoms with van der Waals surface area (Å²) < 4.78 is 15.2. The smallest absolute Gasteiger partial charge is 0.171 e. The first-order chi connectivity index (χ1) is 9.43. The summed E-state index contributed by atoms with van der Waals surface area (Å²) in [5, 5.41) is 5.01. The van der Waals surface area contributed by atoms with Crippen molar-refractivity contribution in [3.8, 4) is 0 Å². The van der Waals surface area contributed by atoms with E-state index in [2.05, 4.69) is 5.10 Å². The number of hydrogen-bond donors (Lipinski definition) is 0. The van der Waals surface area contributed by atoms with Crippen LogP contribution in [-0.4, -0.2) is 15.6 Å². The number of hydrogen-bond acceptors (Lipinski definition) is 2. The second-order valence-corrected chi connectivity index (χ2v) is 5.22. The SMILES string of the molecule is CCc1nn(C)c(CC(=O)c2cc(Cl)ccc2F)c1Cl. The van der Waals surface area contributed by atoms with Crippen LogP contribution in [0.3, 0.4) is 0 Å². The van der Waals surface area contributed by atoms with Crippen LogP contribution in [0.15, 0.2) is 18.2 Å². The molecule has 0 aliphatic rings. The van der Waals surface area contributed by atoms with E-state index in [1.165, 1.54) is 18.2 Å². The molecule has 0 aliphatic carbocycles. The monoisotopic (exact) mass is 314 g/mol. The van der Waals surface area contributed by atoms with Gasteiger partial charge in [-0.2, -0.15) is 5.10 Å². The van der Waals surface area contributed by atoms with E-state index in [1.54, 1.807) is 11.7 Å². The Hall–Kier alpha value is -1.39. The van der Waals surface area contributed by atoms with E-state index in [1.807, 2.05) is 6.92 Å². The van der Waals surface area contributed by atoms with Gasteiger partial charge in [-0.15, -0.1) is 0 Å². The molecule has 0 spiro atoms. The lowest BCUT2D eigenvalue weighted by atomic mass is 10.1. The zero-order valence-electron chi connectivity index (χ0n) is 11.1. The predicted molar refractivity (Wildman–Crippen MR) is 77.0 cm³/mol. The highest BCUT2D eigenvalue weighted by Crippen LogP contribution is 2.23. The topological polar surface area (TPSA) is 34.9 Å². The van der Waals surface area contributed by atoms with Gasteiger partial charge < -0.3 is 0 Å². The van der Waals surface area contributed by atoms with Crippen molar-refractivity contribution in [3.05, 3.63) is 51.0 Å². The van der Waals surface area contributed by atoms with Gasteiger partial charge in [-0.05, 0) is 24.6 Å². The molecule has 0 unspecified atom stereocenters. The molecule has 0 N–H and O–H groups in total. The molecule has 1 heterocycles. The fraction of sp³-hybridized carbons (Fsp3) is 0.286. The van der Waals surface area contributed by atoms with Gasteiger partial charge in [-0.1, -0.05) is 30.1 Å². The summed E-state index contributed by atoms with van der Waals surface area (Å²) in [5.74, 6) is -0.967. The van der Waals surface area contributed by atoms with Gasteiger partial charge in [0.15, 0.2) is 5.78 Å². The van der Waals surface area contributed by atoms with Gasteiger partial charge in [0.25, 0.3) is 0 Å². The normalized spacial score (nSPS) is 10.8. The third kappa shape index (κ3) is 2.86. The van der Waals surface area contributed by atoms with E-state index >= 15 is 0 Å². The average Bonchev–Trinajstić information content (AvgIpc) is 2.68. The third-order valence-corrected chi connectivity index (χ3v) is 3.73. The number of Topliss-reactive ketones (excluding diaryl/α,β-unsaturated/α-hetero) is 1. The van der Waals surface area contributed by atoms with Crippen molar-refractivity contribution in [2.75, 3.05) is 0 Å². The van der Waals surface area contributed by atoms with Crippen molar-refractivity contribution in [1.82, 2.24) is 9.78 Å². The van der Waals surface area contributed by atoms with E-state index in [0.29, 0.717) is 22.2 Å². The Bertz CT molecular complexity index is 667. The van der Waals surface area contributed by atoms with Gasteiger partial charge in [0, 0.05) is 12.1 Å². The lowest BCUT2D eigenvalue weighted by Crippen LogP contribution is -2.10. The minimum atomic E-state index is -0.589. The largest absolute Gasteiger partial charge is 0.294 e. The van der Waals surface area contributed by atoms with Gasteiger partial charge >= 0.3 is 0 Å². The van der Waals surface area contributed by atoms with Gasteiger partial charge in [-0.25, -0.2) is 4.39 Å². The quantitative estimate of drug-likeness (QED) is 0.803. The maximum absolute atomic E-state index is 13.7. The summed E-state index contributed by atoms with van der Waals surface area (Å²) in [6, 6.07) is 3.90. The first-order valence-electron chi connectivity index (χ1n) is 6.12. The van der Waals surface area contributed by atoms with Gasteiger partial charge in [0.1, 0.15) is 5.82 Å². The Morgan fingerprint density at radius 1 is 1.40 bits per heavy atom. The molecule has 1 aromatic carbocycles. The molecule has 0 saturated heterocycles. The summed E-state index contributed by atoms with van der Waals surface area (Å²) in [6.45, 7) is 1.93. The fourth-order valence-corrected chi connectivity index (χ4v) is 2.50. The highest BCUT2D eigenvalue weighted by atomic mass is 35.5. The Morgan fingerprint density at radius 2 is 2.10 bits per heavy atom. The van der Waals surface area contributed by atoms with Crippen LogP contribution >= 0.6 is 23.2 Å². The van der Waals surface area contributed by atoms with Crippen LogP contribution in [-0.2, 0) is 19.9 Å². The molecule has 0 radical (unpaired) electrons. The maximum atomic E-state index is 13.7. The summed E-state index contributed by atoms with van der Waals surface area (Å²) >= 11 is 12.0. The van der Waals surface area contributed by atoms with E-state index in [4.69, 9.17) is 23.2 Å². The van der Waals surface area contributed by atoms with Crippen LogP contribution in [0.2, 0.25) is 10.0 Å². The van der Waals surface area contributed by atoms with Gasteiger partial charge in [0.2, 0.25) is 0 Å². The molecule has 2 rings (SSSR count). The number of aryl methyl sites for hydroxylation is 2. The lowest BCUT2D eigenvalue weighted by Gasteiger charge is -2.04. The number of halogens is 3. The fourth-order valence-electron chi connectivity index (χ4n) is 1.97. The van der Waals surface area contributed by atoms with Crippen molar-refractivity contribution in [3.63, 3.8) is 0 Å². The number of ketones is 1.